The molecule has 20 heavy (non-hydrogen) atoms. The van der Waals surface area contributed by atoms with Crippen LogP contribution in [0.3, 0.4) is 0 Å². The van der Waals surface area contributed by atoms with Crippen LogP contribution >= 0.6 is 0 Å². The van der Waals surface area contributed by atoms with Crippen LogP contribution in [0, 0.1) is 23.0 Å². The summed E-state index contributed by atoms with van der Waals surface area (Å²) in [6.45, 7) is 4.79. The second kappa shape index (κ2) is 6.14. The Bertz CT molecular complexity index is 554. The first kappa shape index (κ1) is 15.6. The monoisotopic (exact) mass is 280 g/mol. The lowest BCUT2D eigenvalue weighted by molar-refractivity contribution is -0.385. The van der Waals surface area contributed by atoms with E-state index >= 15 is 0 Å². The van der Waals surface area contributed by atoms with Crippen molar-refractivity contribution in [1.29, 1.82) is 0 Å². The molecular formula is C13H16N2O5. The highest BCUT2D eigenvalue weighted by Gasteiger charge is 2.26. The molecule has 2 N–H and O–H groups in total. The predicted molar refractivity (Wildman–Crippen MR) is 71.6 cm³/mol. The number of benzene rings is 1. The van der Waals surface area contributed by atoms with E-state index in [1.54, 1.807) is 13.8 Å². The summed E-state index contributed by atoms with van der Waals surface area (Å²) >= 11 is 0. The minimum absolute atomic E-state index is 0.103. The topological polar surface area (TPSA) is 110 Å². The molecule has 0 aromatic heterocycles. The Morgan fingerprint density at radius 1 is 1.35 bits per heavy atom. The highest BCUT2D eigenvalue weighted by Crippen LogP contribution is 2.21. The summed E-state index contributed by atoms with van der Waals surface area (Å²) in [5, 5.41) is 22.2. The molecule has 0 bridgehead atoms. The van der Waals surface area contributed by atoms with Gasteiger partial charge < -0.3 is 10.4 Å². The fourth-order valence-electron chi connectivity index (χ4n) is 1.80. The average Bonchev–Trinajstić information content (AvgIpc) is 2.34. The molecule has 0 spiro atoms. The van der Waals surface area contributed by atoms with Crippen molar-refractivity contribution < 1.29 is 19.6 Å². The molecule has 0 radical (unpaired) electrons. The maximum Gasteiger partial charge on any atom is 0.326 e. The zero-order valence-electron chi connectivity index (χ0n) is 11.4. The molecule has 1 amide bonds. The maximum absolute atomic E-state index is 12.1. The molecule has 1 rings (SSSR count). The molecule has 0 unspecified atom stereocenters. The number of carboxylic acid groups (broad SMARTS) is 1. The number of aliphatic carboxylic acids is 1. The number of carbonyl (C=O) groups is 2. The fraction of sp³-hybridized carbons (Fsp3) is 0.385. The van der Waals surface area contributed by atoms with E-state index in [0.29, 0.717) is 0 Å². The van der Waals surface area contributed by atoms with Gasteiger partial charge in [0.25, 0.3) is 11.6 Å². The van der Waals surface area contributed by atoms with Crippen molar-refractivity contribution in [2.24, 2.45) is 5.92 Å². The van der Waals surface area contributed by atoms with Crippen LogP contribution < -0.4 is 5.32 Å². The maximum atomic E-state index is 12.1. The van der Waals surface area contributed by atoms with Crippen molar-refractivity contribution in [2.45, 2.75) is 26.8 Å². The lowest BCUT2D eigenvalue weighted by Crippen LogP contribution is -2.44. The van der Waals surface area contributed by atoms with E-state index in [-0.39, 0.29) is 22.7 Å². The lowest BCUT2D eigenvalue weighted by Gasteiger charge is -2.18. The number of nitrogens with zero attached hydrogens (tertiary/aromatic N) is 1. The van der Waals surface area contributed by atoms with E-state index in [9.17, 15) is 19.7 Å². The molecule has 7 nitrogen and oxygen atoms in total. The molecule has 0 saturated carbocycles. The first-order valence-electron chi connectivity index (χ1n) is 6.03. The van der Waals surface area contributed by atoms with Crippen LogP contribution in [-0.4, -0.2) is 27.9 Å². The summed E-state index contributed by atoms with van der Waals surface area (Å²) in [6.07, 6.45) is 0. The van der Waals surface area contributed by atoms with E-state index in [4.69, 9.17) is 5.11 Å². The summed E-state index contributed by atoms with van der Waals surface area (Å²) < 4.78 is 0. The third-order valence-corrected chi connectivity index (χ3v) is 2.97. The first-order chi connectivity index (χ1) is 9.25. The standard InChI is InChI=1S/C13H16N2O5/c1-7(2)11(13(17)18)14-12(16)9-5-4-6-10(8(9)3)15(19)20/h4-7,11H,1-3H3,(H,14,16)(H,17,18)/t11-/m0/s1. The largest absolute Gasteiger partial charge is 0.480 e. The van der Waals surface area contributed by atoms with Crippen LogP contribution in [-0.2, 0) is 4.79 Å². The number of carboxylic acids is 1. The Morgan fingerprint density at radius 2 is 1.95 bits per heavy atom. The van der Waals surface area contributed by atoms with Crippen LogP contribution in [0.5, 0.6) is 0 Å². The van der Waals surface area contributed by atoms with E-state index in [1.807, 2.05) is 0 Å². The van der Waals surface area contributed by atoms with Gasteiger partial charge in [-0.15, -0.1) is 0 Å². The van der Waals surface area contributed by atoms with Gasteiger partial charge in [0.1, 0.15) is 6.04 Å². The van der Waals surface area contributed by atoms with Gasteiger partial charge >= 0.3 is 5.97 Å². The minimum atomic E-state index is -1.14. The summed E-state index contributed by atoms with van der Waals surface area (Å²) in [6, 6.07) is 3.08. The van der Waals surface area contributed by atoms with Crippen LogP contribution in [0.25, 0.3) is 0 Å². The summed E-state index contributed by atoms with van der Waals surface area (Å²) in [7, 11) is 0. The number of hydrogen-bond acceptors (Lipinski definition) is 4. The van der Waals surface area contributed by atoms with Crippen molar-refractivity contribution >= 4 is 17.6 Å². The quantitative estimate of drug-likeness (QED) is 0.630. The van der Waals surface area contributed by atoms with Crippen molar-refractivity contribution in [3.63, 3.8) is 0 Å². The Kier molecular flexibility index (Phi) is 4.79. The Labute approximate surface area is 115 Å². The first-order valence-corrected chi connectivity index (χ1v) is 6.03. The molecule has 1 aromatic rings. The normalized spacial score (nSPS) is 12.0. The second-order valence-electron chi connectivity index (χ2n) is 4.74. The van der Waals surface area contributed by atoms with Gasteiger partial charge in [0, 0.05) is 17.2 Å². The zero-order chi connectivity index (χ0) is 15.4. The van der Waals surface area contributed by atoms with E-state index in [1.165, 1.54) is 25.1 Å². The minimum Gasteiger partial charge on any atom is -0.480 e. The SMILES string of the molecule is Cc1c(C(=O)N[C@H](C(=O)O)C(C)C)cccc1[N+](=O)[O-]. The fourth-order valence-corrected chi connectivity index (χ4v) is 1.80. The van der Waals surface area contributed by atoms with Gasteiger partial charge in [0.05, 0.1) is 4.92 Å². The summed E-state index contributed by atoms with van der Waals surface area (Å²) in [4.78, 5) is 33.3. The van der Waals surface area contributed by atoms with Crippen molar-refractivity contribution in [1.82, 2.24) is 5.32 Å². The Hall–Kier alpha value is -2.44. The number of amides is 1. The van der Waals surface area contributed by atoms with Gasteiger partial charge in [-0.2, -0.15) is 0 Å². The van der Waals surface area contributed by atoms with Gasteiger partial charge in [-0.25, -0.2) is 4.79 Å². The number of nitro benzene ring substituents is 1. The van der Waals surface area contributed by atoms with E-state index < -0.39 is 22.8 Å². The van der Waals surface area contributed by atoms with Crippen LogP contribution in [0.2, 0.25) is 0 Å². The van der Waals surface area contributed by atoms with Crippen LogP contribution in [0.1, 0.15) is 29.8 Å². The van der Waals surface area contributed by atoms with Gasteiger partial charge in [0.15, 0.2) is 0 Å². The van der Waals surface area contributed by atoms with Crippen molar-refractivity contribution in [3.8, 4) is 0 Å². The van der Waals surface area contributed by atoms with Crippen molar-refractivity contribution in [2.75, 3.05) is 0 Å². The Morgan fingerprint density at radius 3 is 2.40 bits per heavy atom. The molecule has 0 aliphatic carbocycles. The molecule has 7 heteroatoms. The third-order valence-electron chi connectivity index (χ3n) is 2.97. The van der Waals surface area contributed by atoms with Gasteiger partial charge in [-0.1, -0.05) is 19.9 Å². The van der Waals surface area contributed by atoms with Gasteiger partial charge in [0.2, 0.25) is 0 Å². The molecule has 0 heterocycles. The molecule has 0 fully saturated rings. The van der Waals surface area contributed by atoms with E-state index in [2.05, 4.69) is 5.32 Å². The van der Waals surface area contributed by atoms with Crippen molar-refractivity contribution in [3.05, 3.63) is 39.4 Å². The number of nitro groups is 1. The molecule has 0 aliphatic rings. The number of hydrogen-bond donors (Lipinski definition) is 2. The number of rotatable bonds is 5. The highest BCUT2D eigenvalue weighted by atomic mass is 16.6. The average molecular weight is 280 g/mol. The number of carbonyl (C=O) groups excluding carboxylic acids is 1. The Balaban J connectivity index is 3.07. The summed E-state index contributed by atoms with van der Waals surface area (Å²) in [5.41, 5.74) is 0.142. The molecule has 0 saturated heterocycles. The van der Waals surface area contributed by atoms with Gasteiger partial charge in [-0.3, -0.25) is 14.9 Å². The third kappa shape index (κ3) is 3.31. The number of nitrogens with one attached hydrogen (secondary N) is 1. The van der Waals surface area contributed by atoms with Crippen LogP contribution in [0.15, 0.2) is 18.2 Å². The lowest BCUT2D eigenvalue weighted by atomic mass is 10.0. The molecule has 1 atom stereocenters. The molecule has 1 aromatic carbocycles. The molecular weight excluding hydrogens is 264 g/mol. The van der Waals surface area contributed by atoms with E-state index in [0.717, 1.165) is 0 Å². The second-order valence-corrected chi connectivity index (χ2v) is 4.74. The molecule has 0 aliphatic heterocycles. The zero-order valence-corrected chi connectivity index (χ0v) is 11.4. The predicted octanol–water partition coefficient (Wildman–Crippen LogP) is 1.74. The molecule has 108 valence electrons. The van der Waals surface area contributed by atoms with Crippen LogP contribution in [0.4, 0.5) is 5.69 Å². The highest BCUT2D eigenvalue weighted by molar-refractivity contribution is 5.98. The summed E-state index contributed by atoms with van der Waals surface area (Å²) in [5.74, 6) is -2.07. The smallest absolute Gasteiger partial charge is 0.326 e. The van der Waals surface area contributed by atoms with Gasteiger partial charge in [-0.05, 0) is 18.9 Å².